The van der Waals surface area contributed by atoms with E-state index in [0.717, 1.165) is 37.5 Å². The highest BCUT2D eigenvalue weighted by Crippen LogP contribution is 2.46. The van der Waals surface area contributed by atoms with Gasteiger partial charge < -0.3 is 15.6 Å². The number of nitrogens with zero attached hydrogens (tertiary/aromatic N) is 1. The molecule has 1 atom stereocenters. The molecule has 0 amide bonds. The Bertz CT molecular complexity index is 1070. The summed E-state index contributed by atoms with van der Waals surface area (Å²) >= 11 is 6.85. The molecule has 2 fully saturated rings. The minimum Gasteiger partial charge on any atom is -0.478 e. The third kappa shape index (κ3) is 6.32. The van der Waals surface area contributed by atoms with Crippen LogP contribution in [-0.2, 0) is 6.54 Å². The second kappa shape index (κ2) is 10.8. The lowest BCUT2D eigenvalue weighted by molar-refractivity contribution is -0.0169. The highest BCUT2D eigenvalue weighted by Gasteiger charge is 2.34. The van der Waals surface area contributed by atoms with Gasteiger partial charge in [0.2, 0.25) is 0 Å². The molecule has 0 radical (unpaired) electrons. The molecular weight excluding hydrogens is 460 g/mol. The number of aliphatic hydroxyl groups is 1. The fourth-order valence-electron chi connectivity index (χ4n) is 5.27. The summed E-state index contributed by atoms with van der Waals surface area (Å²) in [7, 11) is 0. The summed E-state index contributed by atoms with van der Waals surface area (Å²) in [6.45, 7) is 6.91. The van der Waals surface area contributed by atoms with E-state index in [2.05, 4.69) is 30.9 Å². The van der Waals surface area contributed by atoms with Crippen molar-refractivity contribution < 1.29 is 15.0 Å². The van der Waals surface area contributed by atoms with Crippen molar-refractivity contribution >= 4 is 23.3 Å². The molecule has 5 nitrogen and oxygen atoms in total. The van der Waals surface area contributed by atoms with Gasteiger partial charge >= 0.3 is 5.97 Å². The SMILES string of the molecule is CCCC(C)c1cc(CN2CCC(O)(CC(=N)c3ccc(C(=O)O)cc3)CC2)cc(C2CC2)c1Cl. The van der Waals surface area contributed by atoms with Crippen LogP contribution in [0.5, 0.6) is 0 Å². The van der Waals surface area contributed by atoms with Crippen molar-refractivity contribution in [3.05, 3.63) is 69.2 Å². The molecule has 1 saturated heterocycles. The number of piperidine rings is 1. The van der Waals surface area contributed by atoms with Crippen LogP contribution in [0.2, 0.25) is 5.02 Å². The first-order valence-electron chi connectivity index (χ1n) is 12.9. The van der Waals surface area contributed by atoms with Crippen molar-refractivity contribution in [2.75, 3.05) is 13.1 Å². The molecule has 1 aliphatic heterocycles. The van der Waals surface area contributed by atoms with Crippen LogP contribution < -0.4 is 0 Å². The molecule has 0 spiro atoms. The molecule has 1 unspecified atom stereocenters. The number of nitrogens with one attached hydrogen (secondary N) is 1. The fourth-order valence-corrected chi connectivity index (χ4v) is 5.72. The maximum Gasteiger partial charge on any atom is 0.335 e. The molecule has 188 valence electrons. The lowest BCUT2D eigenvalue weighted by Crippen LogP contribution is -2.45. The predicted octanol–water partition coefficient (Wildman–Crippen LogP) is 6.60. The zero-order valence-electron chi connectivity index (χ0n) is 20.8. The Morgan fingerprint density at radius 1 is 1.17 bits per heavy atom. The number of hydrogen-bond acceptors (Lipinski definition) is 4. The quantitative estimate of drug-likeness (QED) is 0.323. The zero-order chi connectivity index (χ0) is 25.2. The van der Waals surface area contributed by atoms with Gasteiger partial charge in [0, 0.05) is 36.8 Å². The van der Waals surface area contributed by atoms with E-state index in [0.29, 0.717) is 36.0 Å². The van der Waals surface area contributed by atoms with Crippen molar-refractivity contribution in [1.29, 1.82) is 5.41 Å². The number of halogens is 1. The van der Waals surface area contributed by atoms with E-state index in [1.54, 1.807) is 12.1 Å². The molecule has 1 heterocycles. The Balaban J connectivity index is 1.38. The molecule has 6 heteroatoms. The molecule has 1 aliphatic carbocycles. The summed E-state index contributed by atoms with van der Waals surface area (Å²) < 4.78 is 0. The highest BCUT2D eigenvalue weighted by atomic mass is 35.5. The maximum atomic E-state index is 11.2. The summed E-state index contributed by atoms with van der Waals surface area (Å²) in [5.74, 6) is 0.0787. The second-order valence-corrected chi connectivity index (χ2v) is 11.0. The number of carbonyl (C=O) groups is 1. The lowest BCUT2D eigenvalue weighted by Gasteiger charge is -2.38. The smallest absolute Gasteiger partial charge is 0.335 e. The van der Waals surface area contributed by atoms with E-state index in [1.165, 1.54) is 41.7 Å². The predicted molar refractivity (Wildman–Crippen MR) is 141 cm³/mol. The average molecular weight is 497 g/mol. The first-order valence-corrected chi connectivity index (χ1v) is 13.2. The Morgan fingerprint density at radius 2 is 1.80 bits per heavy atom. The third-order valence-electron chi connectivity index (χ3n) is 7.64. The van der Waals surface area contributed by atoms with Crippen LogP contribution in [0.25, 0.3) is 0 Å². The zero-order valence-corrected chi connectivity index (χ0v) is 21.6. The lowest BCUT2D eigenvalue weighted by atomic mass is 9.84. The molecule has 2 aliphatic rings. The van der Waals surface area contributed by atoms with Gasteiger partial charge in [0.25, 0.3) is 0 Å². The van der Waals surface area contributed by atoms with Crippen molar-refractivity contribution in [2.24, 2.45) is 0 Å². The van der Waals surface area contributed by atoms with Gasteiger partial charge in [-0.05, 0) is 78.3 Å². The first kappa shape index (κ1) is 25.9. The Hall–Kier alpha value is -2.21. The number of aromatic carboxylic acids is 1. The number of carboxylic acids is 1. The van der Waals surface area contributed by atoms with E-state index in [-0.39, 0.29) is 12.0 Å². The summed E-state index contributed by atoms with van der Waals surface area (Å²) in [6.07, 6.45) is 6.24. The van der Waals surface area contributed by atoms with Gasteiger partial charge in [0.05, 0.1) is 11.2 Å². The van der Waals surface area contributed by atoms with Gasteiger partial charge in [-0.25, -0.2) is 4.79 Å². The number of carboxylic acid groups (broad SMARTS) is 1. The topological polar surface area (TPSA) is 84.6 Å². The van der Waals surface area contributed by atoms with Gasteiger partial charge in [0.15, 0.2) is 0 Å². The van der Waals surface area contributed by atoms with Crippen LogP contribution in [0.3, 0.4) is 0 Å². The average Bonchev–Trinajstić information content (AvgIpc) is 3.67. The number of likely N-dealkylation sites (tertiary alicyclic amines) is 1. The minimum absolute atomic E-state index is 0.202. The molecule has 0 aromatic heterocycles. The maximum absolute atomic E-state index is 11.2. The van der Waals surface area contributed by atoms with Crippen LogP contribution in [-0.4, -0.2) is 45.5 Å². The molecular formula is C29H37ClN2O3. The molecule has 35 heavy (non-hydrogen) atoms. The standard InChI is InChI=1S/C29H37ClN2O3/c1-3-4-19(2)24-15-20(16-25(27(24)30)21-5-6-21)18-32-13-11-29(35,12-14-32)17-26(31)22-7-9-23(10-8-22)28(33)34/h7-10,15-16,19,21,31,35H,3-6,11-14,17-18H2,1-2H3,(H,33,34). The Kier molecular flexibility index (Phi) is 7.99. The van der Waals surface area contributed by atoms with Gasteiger partial charge in [-0.15, -0.1) is 0 Å². The number of benzene rings is 2. The van der Waals surface area contributed by atoms with Crippen LogP contribution in [0, 0.1) is 5.41 Å². The summed E-state index contributed by atoms with van der Waals surface area (Å²) in [5.41, 5.74) is 4.21. The van der Waals surface area contributed by atoms with Crippen LogP contribution in [0.15, 0.2) is 36.4 Å². The van der Waals surface area contributed by atoms with Crippen molar-refractivity contribution in [1.82, 2.24) is 4.90 Å². The summed E-state index contributed by atoms with van der Waals surface area (Å²) in [5, 5.41) is 29.7. The third-order valence-corrected chi connectivity index (χ3v) is 8.07. The molecule has 0 bridgehead atoms. The van der Waals surface area contributed by atoms with E-state index >= 15 is 0 Å². The first-order chi connectivity index (χ1) is 16.7. The largest absolute Gasteiger partial charge is 0.478 e. The fraction of sp³-hybridized carbons (Fsp3) is 0.517. The number of hydrogen-bond donors (Lipinski definition) is 3. The van der Waals surface area contributed by atoms with E-state index in [9.17, 15) is 9.90 Å². The number of rotatable bonds is 10. The van der Waals surface area contributed by atoms with E-state index < -0.39 is 11.6 Å². The normalized spacial score (nSPS) is 18.9. The van der Waals surface area contributed by atoms with Crippen LogP contribution in [0.4, 0.5) is 0 Å². The van der Waals surface area contributed by atoms with E-state index in [1.807, 2.05) is 0 Å². The molecule has 2 aromatic rings. The van der Waals surface area contributed by atoms with Crippen molar-refractivity contribution in [3.8, 4) is 0 Å². The van der Waals surface area contributed by atoms with Gasteiger partial charge in [-0.3, -0.25) is 4.90 Å². The summed E-state index contributed by atoms with van der Waals surface area (Å²) in [4.78, 5) is 13.5. The Morgan fingerprint density at radius 3 is 2.37 bits per heavy atom. The van der Waals surface area contributed by atoms with Gasteiger partial charge in [-0.1, -0.05) is 56.1 Å². The minimum atomic E-state index is -0.981. The van der Waals surface area contributed by atoms with Gasteiger partial charge in [0.1, 0.15) is 0 Å². The molecule has 2 aromatic carbocycles. The molecule has 3 N–H and O–H groups in total. The highest BCUT2D eigenvalue weighted by molar-refractivity contribution is 6.32. The van der Waals surface area contributed by atoms with E-state index in [4.69, 9.17) is 22.1 Å². The van der Waals surface area contributed by atoms with Crippen molar-refractivity contribution in [3.63, 3.8) is 0 Å². The Labute approximate surface area is 213 Å². The monoisotopic (exact) mass is 496 g/mol. The second-order valence-electron chi connectivity index (χ2n) is 10.6. The van der Waals surface area contributed by atoms with Crippen molar-refractivity contribution in [2.45, 2.75) is 82.8 Å². The van der Waals surface area contributed by atoms with Gasteiger partial charge in [-0.2, -0.15) is 0 Å². The van der Waals surface area contributed by atoms with Crippen LogP contribution >= 0.6 is 11.6 Å². The summed E-state index contributed by atoms with van der Waals surface area (Å²) in [6, 6.07) is 10.9. The van der Waals surface area contributed by atoms with Crippen LogP contribution in [0.1, 0.15) is 103 Å². The molecule has 4 rings (SSSR count). The molecule has 1 saturated carbocycles.